The number of hydrogen-bond donors (Lipinski definition) is 0. The molecular weight excluding hydrogens is 252 g/mol. The van der Waals surface area contributed by atoms with Crippen molar-refractivity contribution in [1.82, 2.24) is 0 Å². The van der Waals surface area contributed by atoms with Crippen LogP contribution in [0.25, 0.3) is 0 Å². The Morgan fingerprint density at radius 1 is 0.857 bits per heavy atom. The van der Waals surface area contributed by atoms with Crippen molar-refractivity contribution in [2.45, 2.75) is 85.5 Å². The fourth-order valence-corrected chi connectivity index (χ4v) is 2.13. The van der Waals surface area contributed by atoms with Gasteiger partial charge < -0.3 is 0 Å². The summed E-state index contributed by atoms with van der Waals surface area (Å²) in [7, 11) is 0. The van der Waals surface area contributed by atoms with Crippen LogP contribution in [0.1, 0.15) is 85.5 Å². The zero-order valence-corrected chi connectivity index (χ0v) is 15.1. The fraction of sp³-hybridized carbons (Fsp3) is 0.619. The van der Waals surface area contributed by atoms with Gasteiger partial charge in [0.15, 0.2) is 0 Å². The SMILES string of the molecule is C=CCC/C=C(\CC)CCC.C=CCCC/C(C)=C/CC. The summed E-state index contributed by atoms with van der Waals surface area (Å²) >= 11 is 0. The Hall–Kier alpha value is -1.04. The van der Waals surface area contributed by atoms with Crippen molar-refractivity contribution < 1.29 is 0 Å². The van der Waals surface area contributed by atoms with Crippen LogP contribution in [0.5, 0.6) is 0 Å². The molecule has 0 aliphatic rings. The van der Waals surface area contributed by atoms with E-state index < -0.39 is 0 Å². The highest BCUT2D eigenvalue weighted by molar-refractivity contribution is 5.01. The first-order valence-corrected chi connectivity index (χ1v) is 8.71. The maximum atomic E-state index is 3.70. The van der Waals surface area contributed by atoms with Crippen LogP contribution in [0.2, 0.25) is 0 Å². The molecule has 0 heteroatoms. The lowest BCUT2D eigenvalue weighted by atomic mass is 10.1. The van der Waals surface area contributed by atoms with Gasteiger partial charge in [-0.25, -0.2) is 0 Å². The number of hydrogen-bond acceptors (Lipinski definition) is 0. The van der Waals surface area contributed by atoms with Crippen molar-refractivity contribution in [3.05, 3.63) is 48.6 Å². The monoisotopic (exact) mass is 290 g/mol. The molecule has 0 atom stereocenters. The quantitative estimate of drug-likeness (QED) is 0.269. The summed E-state index contributed by atoms with van der Waals surface area (Å²) in [4.78, 5) is 0. The largest absolute Gasteiger partial charge is 0.103 e. The second kappa shape index (κ2) is 19.0. The van der Waals surface area contributed by atoms with Crippen LogP contribution in [-0.2, 0) is 0 Å². The molecule has 122 valence electrons. The highest BCUT2D eigenvalue weighted by Gasteiger charge is 1.90. The Morgan fingerprint density at radius 2 is 1.52 bits per heavy atom. The molecule has 0 rings (SSSR count). The second-order valence-electron chi connectivity index (χ2n) is 5.47. The van der Waals surface area contributed by atoms with E-state index in [4.69, 9.17) is 0 Å². The van der Waals surface area contributed by atoms with Crippen LogP contribution in [0, 0.1) is 0 Å². The summed E-state index contributed by atoms with van der Waals surface area (Å²) in [5.41, 5.74) is 3.12. The summed E-state index contributed by atoms with van der Waals surface area (Å²) in [5, 5.41) is 0. The normalized spacial score (nSPS) is 11.6. The molecule has 0 bridgehead atoms. The van der Waals surface area contributed by atoms with Crippen LogP contribution in [0.15, 0.2) is 48.6 Å². The minimum absolute atomic E-state index is 1.12. The Labute approximate surface area is 134 Å². The van der Waals surface area contributed by atoms with E-state index in [1.54, 1.807) is 5.57 Å². The Balaban J connectivity index is 0. The minimum Gasteiger partial charge on any atom is -0.103 e. The van der Waals surface area contributed by atoms with Crippen LogP contribution in [0.3, 0.4) is 0 Å². The summed E-state index contributed by atoms with van der Waals surface area (Å²) < 4.78 is 0. The average Bonchev–Trinajstić information content (AvgIpc) is 2.48. The van der Waals surface area contributed by atoms with Crippen molar-refractivity contribution in [3.63, 3.8) is 0 Å². The molecule has 0 saturated heterocycles. The summed E-state index contributed by atoms with van der Waals surface area (Å²) in [6.45, 7) is 16.2. The van der Waals surface area contributed by atoms with Gasteiger partial charge in [-0.3, -0.25) is 0 Å². The van der Waals surface area contributed by atoms with Gasteiger partial charge in [0.25, 0.3) is 0 Å². The smallest absolute Gasteiger partial charge is 0.0313 e. The lowest BCUT2D eigenvalue weighted by molar-refractivity contribution is 0.828. The van der Waals surface area contributed by atoms with Crippen molar-refractivity contribution in [2.75, 3.05) is 0 Å². The average molecular weight is 291 g/mol. The second-order valence-corrected chi connectivity index (χ2v) is 5.47. The van der Waals surface area contributed by atoms with Gasteiger partial charge in [-0.05, 0) is 58.3 Å². The van der Waals surface area contributed by atoms with Crippen molar-refractivity contribution in [1.29, 1.82) is 0 Å². The topological polar surface area (TPSA) is 0 Å². The maximum absolute atomic E-state index is 3.70. The van der Waals surface area contributed by atoms with Gasteiger partial charge in [0.2, 0.25) is 0 Å². The first-order valence-electron chi connectivity index (χ1n) is 8.71. The van der Waals surface area contributed by atoms with E-state index in [-0.39, 0.29) is 0 Å². The predicted molar refractivity (Wildman–Crippen MR) is 101 cm³/mol. The first-order chi connectivity index (χ1) is 10.2. The lowest BCUT2D eigenvalue weighted by Gasteiger charge is -2.00. The first kappa shape index (κ1) is 22.2. The molecule has 0 aliphatic carbocycles. The zero-order valence-electron chi connectivity index (χ0n) is 15.1. The predicted octanol–water partition coefficient (Wildman–Crippen LogP) is 7.79. The molecular formula is C21H38. The Bertz CT molecular complexity index is 291. The third-order valence-electron chi connectivity index (χ3n) is 3.36. The molecule has 0 unspecified atom stereocenters. The van der Waals surface area contributed by atoms with Crippen molar-refractivity contribution in [3.8, 4) is 0 Å². The third-order valence-corrected chi connectivity index (χ3v) is 3.36. The van der Waals surface area contributed by atoms with Gasteiger partial charge in [0.1, 0.15) is 0 Å². The van der Waals surface area contributed by atoms with Crippen LogP contribution >= 0.6 is 0 Å². The van der Waals surface area contributed by atoms with E-state index in [0.717, 1.165) is 12.8 Å². The fourth-order valence-electron chi connectivity index (χ4n) is 2.13. The number of unbranched alkanes of at least 4 members (excludes halogenated alkanes) is 2. The summed E-state index contributed by atoms with van der Waals surface area (Å²) in [5.74, 6) is 0. The van der Waals surface area contributed by atoms with Crippen LogP contribution in [-0.4, -0.2) is 0 Å². The summed E-state index contributed by atoms with van der Waals surface area (Å²) in [6.07, 6.45) is 19.5. The molecule has 0 amide bonds. The third kappa shape index (κ3) is 19.0. The molecule has 0 fully saturated rings. The highest BCUT2D eigenvalue weighted by Crippen LogP contribution is 2.10. The molecule has 0 heterocycles. The van der Waals surface area contributed by atoms with Crippen molar-refractivity contribution in [2.24, 2.45) is 0 Å². The van der Waals surface area contributed by atoms with E-state index in [1.807, 2.05) is 12.2 Å². The standard InChI is InChI=1S/C11H20.C10H18/c1-4-7-8-10-11(6-3)9-5-2;1-4-6-7-9-10(3)8-5-2/h4,10H,1,5-9H2,2-3H3;4,8H,1,5-7,9H2,2-3H3/b11-10+;10-8+. The van der Waals surface area contributed by atoms with Gasteiger partial charge in [-0.1, -0.05) is 62.6 Å². The summed E-state index contributed by atoms with van der Waals surface area (Å²) in [6, 6.07) is 0. The van der Waals surface area contributed by atoms with Crippen molar-refractivity contribution >= 4 is 0 Å². The van der Waals surface area contributed by atoms with Crippen LogP contribution in [0.4, 0.5) is 0 Å². The molecule has 0 aromatic heterocycles. The van der Waals surface area contributed by atoms with Gasteiger partial charge >= 0.3 is 0 Å². The molecule has 21 heavy (non-hydrogen) atoms. The number of allylic oxidation sites excluding steroid dienone is 6. The van der Waals surface area contributed by atoms with Gasteiger partial charge in [-0.15, -0.1) is 13.2 Å². The molecule has 0 radical (unpaired) electrons. The highest BCUT2D eigenvalue weighted by atomic mass is 14.0. The lowest BCUT2D eigenvalue weighted by Crippen LogP contribution is -1.80. The molecule has 0 aromatic carbocycles. The van der Waals surface area contributed by atoms with E-state index >= 15 is 0 Å². The van der Waals surface area contributed by atoms with Gasteiger partial charge in [0, 0.05) is 0 Å². The molecule has 0 nitrogen and oxygen atoms in total. The molecule has 0 spiro atoms. The van der Waals surface area contributed by atoms with E-state index in [2.05, 4.69) is 53.0 Å². The van der Waals surface area contributed by atoms with E-state index in [1.165, 1.54) is 50.5 Å². The molecule has 0 N–H and O–H groups in total. The minimum atomic E-state index is 1.12. The molecule has 0 saturated carbocycles. The Morgan fingerprint density at radius 3 is 2.00 bits per heavy atom. The van der Waals surface area contributed by atoms with Crippen LogP contribution < -0.4 is 0 Å². The van der Waals surface area contributed by atoms with E-state index in [9.17, 15) is 0 Å². The maximum Gasteiger partial charge on any atom is -0.0313 e. The van der Waals surface area contributed by atoms with Gasteiger partial charge in [-0.2, -0.15) is 0 Å². The molecule has 0 aromatic rings. The van der Waals surface area contributed by atoms with Gasteiger partial charge in [0.05, 0.1) is 0 Å². The zero-order chi connectivity index (χ0) is 16.3. The Kier molecular flexibility index (Phi) is 20.1. The van der Waals surface area contributed by atoms with E-state index in [0.29, 0.717) is 0 Å². The number of rotatable bonds is 11. The molecule has 0 aliphatic heterocycles.